The maximum absolute atomic E-state index is 5.42. The summed E-state index contributed by atoms with van der Waals surface area (Å²) in [6, 6.07) is 10.4. The summed E-state index contributed by atoms with van der Waals surface area (Å²) in [6.07, 6.45) is 2.86. The van der Waals surface area contributed by atoms with Gasteiger partial charge in [-0.1, -0.05) is 0 Å². The molecule has 1 fully saturated rings. The van der Waals surface area contributed by atoms with Crippen LogP contribution in [0.2, 0.25) is 0 Å². The van der Waals surface area contributed by atoms with Crippen LogP contribution in [0, 0.1) is 0 Å². The number of methoxy groups -OCH3 is 2. The molecule has 0 radical (unpaired) electrons. The fourth-order valence-corrected chi connectivity index (χ4v) is 3.57. The van der Waals surface area contributed by atoms with Crippen molar-refractivity contribution in [3.8, 4) is 11.5 Å². The first-order valence-electron chi connectivity index (χ1n) is 10.7. The second-order valence-corrected chi connectivity index (χ2v) is 7.76. The Kier molecular flexibility index (Phi) is 7.81. The lowest BCUT2D eigenvalue weighted by Gasteiger charge is -2.21. The highest BCUT2D eigenvalue weighted by Gasteiger charge is 2.24. The van der Waals surface area contributed by atoms with Crippen LogP contribution in [-0.4, -0.2) is 64.9 Å². The average molecular weight is 427 g/mol. The third-order valence-corrected chi connectivity index (χ3v) is 5.26. The highest BCUT2D eigenvalue weighted by molar-refractivity contribution is 5.80. The van der Waals surface area contributed by atoms with Crippen molar-refractivity contribution in [1.82, 2.24) is 15.6 Å². The Labute approximate surface area is 185 Å². The molecule has 1 atom stereocenters. The third kappa shape index (κ3) is 6.16. The highest BCUT2D eigenvalue weighted by atomic mass is 16.5. The summed E-state index contributed by atoms with van der Waals surface area (Å²) >= 11 is 0. The lowest BCUT2D eigenvalue weighted by molar-refractivity contribution is 0.394. The summed E-state index contributed by atoms with van der Waals surface area (Å²) in [5.41, 5.74) is 2.24. The first-order chi connectivity index (χ1) is 15.0. The summed E-state index contributed by atoms with van der Waals surface area (Å²) in [5.74, 6) is 3.37. The summed E-state index contributed by atoms with van der Waals surface area (Å²) < 4.78 is 10.8. The molecule has 31 heavy (non-hydrogen) atoms. The molecule has 1 aromatic heterocycles. The number of pyridine rings is 1. The smallest absolute Gasteiger partial charge is 0.191 e. The highest BCUT2D eigenvalue weighted by Crippen LogP contribution is 2.30. The number of hydrogen-bond donors (Lipinski definition) is 2. The van der Waals surface area contributed by atoms with Crippen LogP contribution in [0.3, 0.4) is 0 Å². The molecule has 0 bridgehead atoms. The van der Waals surface area contributed by atoms with Gasteiger partial charge in [-0.15, -0.1) is 0 Å². The van der Waals surface area contributed by atoms with E-state index in [4.69, 9.17) is 14.5 Å². The van der Waals surface area contributed by atoms with Gasteiger partial charge in [0.15, 0.2) is 5.96 Å². The van der Waals surface area contributed by atoms with Crippen LogP contribution in [-0.2, 0) is 6.54 Å². The fourth-order valence-electron chi connectivity index (χ4n) is 3.57. The molecule has 2 N–H and O–H groups in total. The molecule has 1 saturated heterocycles. The fraction of sp³-hybridized carbons (Fsp3) is 0.478. The number of rotatable bonds is 8. The molecule has 1 aliphatic heterocycles. The molecule has 1 aliphatic rings. The normalized spacial score (nSPS) is 16.2. The number of anilines is 2. The minimum Gasteiger partial charge on any atom is -0.497 e. The van der Waals surface area contributed by atoms with E-state index in [1.807, 2.05) is 37.3 Å². The van der Waals surface area contributed by atoms with Crippen LogP contribution >= 0.6 is 0 Å². The standard InChI is InChI=1S/C23H34N6O2/c1-6-24-23(26-15-17-7-9-25-22(11-17)28(2)3)27-18-8-10-29(16-18)19-12-20(30-4)14-21(13-19)31-5/h7,9,11-14,18H,6,8,10,15-16H2,1-5H3,(H2,24,26,27). The van der Waals surface area contributed by atoms with Gasteiger partial charge in [0, 0.05) is 69.9 Å². The van der Waals surface area contributed by atoms with Gasteiger partial charge in [-0.25, -0.2) is 9.98 Å². The molecule has 0 aliphatic carbocycles. The van der Waals surface area contributed by atoms with Crippen molar-refractivity contribution >= 4 is 17.5 Å². The van der Waals surface area contributed by atoms with Gasteiger partial charge >= 0.3 is 0 Å². The van der Waals surface area contributed by atoms with E-state index in [0.29, 0.717) is 12.6 Å². The molecule has 168 valence electrons. The molecule has 0 amide bonds. The zero-order chi connectivity index (χ0) is 22.2. The molecule has 8 nitrogen and oxygen atoms in total. The van der Waals surface area contributed by atoms with Crippen LogP contribution in [0.25, 0.3) is 0 Å². The quantitative estimate of drug-likeness (QED) is 0.496. The monoisotopic (exact) mass is 426 g/mol. The maximum atomic E-state index is 5.42. The number of benzene rings is 1. The molecular weight excluding hydrogens is 392 g/mol. The Morgan fingerprint density at radius 2 is 1.94 bits per heavy atom. The summed E-state index contributed by atoms with van der Waals surface area (Å²) in [6.45, 7) is 5.35. The second-order valence-electron chi connectivity index (χ2n) is 7.76. The molecule has 1 aromatic carbocycles. The Hall–Kier alpha value is -3.16. The Bertz CT molecular complexity index is 864. The first kappa shape index (κ1) is 22.5. The Morgan fingerprint density at radius 1 is 1.19 bits per heavy atom. The predicted octanol–water partition coefficient (Wildman–Crippen LogP) is 2.50. The van der Waals surface area contributed by atoms with Crippen molar-refractivity contribution < 1.29 is 9.47 Å². The largest absolute Gasteiger partial charge is 0.497 e. The van der Waals surface area contributed by atoms with Crippen LogP contribution in [0.1, 0.15) is 18.9 Å². The topological polar surface area (TPSA) is 74.3 Å². The lowest BCUT2D eigenvalue weighted by atomic mass is 10.2. The van der Waals surface area contributed by atoms with E-state index >= 15 is 0 Å². The van der Waals surface area contributed by atoms with Crippen LogP contribution in [0.4, 0.5) is 11.5 Å². The van der Waals surface area contributed by atoms with E-state index in [1.165, 1.54) is 0 Å². The summed E-state index contributed by atoms with van der Waals surface area (Å²) in [7, 11) is 7.34. The van der Waals surface area contributed by atoms with Gasteiger partial charge in [0.05, 0.1) is 20.8 Å². The average Bonchev–Trinajstić information content (AvgIpc) is 3.26. The van der Waals surface area contributed by atoms with Crippen molar-refractivity contribution in [1.29, 1.82) is 0 Å². The van der Waals surface area contributed by atoms with E-state index in [1.54, 1.807) is 14.2 Å². The number of guanidine groups is 1. The van der Waals surface area contributed by atoms with Gasteiger partial charge in [-0.2, -0.15) is 0 Å². The van der Waals surface area contributed by atoms with E-state index in [0.717, 1.165) is 60.6 Å². The van der Waals surface area contributed by atoms with E-state index in [9.17, 15) is 0 Å². The molecular formula is C23H34N6O2. The maximum Gasteiger partial charge on any atom is 0.191 e. The van der Waals surface area contributed by atoms with Crippen LogP contribution < -0.4 is 29.9 Å². The number of aliphatic imine (C=N–C) groups is 1. The Balaban J connectivity index is 1.65. The van der Waals surface area contributed by atoms with E-state index in [2.05, 4.69) is 45.6 Å². The zero-order valence-electron chi connectivity index (χ0n) is 19.2. The van der Waals surface area contributed by atoms with Gasteiger partial charge in [0.1, 0.15) is 17.3 Å². The van der Waals surface area contributed by atoms with Crippen LogP contribution in [0.15, 0.2) is 41.5 Å². The van der Waals surface area contributed by atoms with Crippen molar-refractivity contribution in [2.24, 2.45) is 4.99 Å². The molecule has 3 rings (SSSR count). The van der Waals surface area contributed by atoms with Crippen LogP contribution in [0.5, 0.6) is 11.5 Å². The SMILES string of the molecule is CCNC(=NCc1ccnc(N(C)C)c1)NC1CCN(c2cc(OC)cc(OC)c2)C1. The molecule has 8 heteroatoms. The van der Waals surface area contributed by atoms with Gasteiger partial charge < -0.3 is 29.9 Å². The van der Waals surface area contributed by atoms with Crippen molar-refractivity contribution in [3.05, 3.63) is 42.1 Å². The number of nitrogens with zero attached hydrogens (tertiary/aromatic N) is 4. The second kappa shape index (κ2) is 10.7. The Morgan fingerprint density at radius 3 is 2.58 bits per heavy atom. The van der Waals surface area contributed by atoms with Gasteiger partial charge in [0.2, 0.25) is 0 Å². The molecule has 2 heterocycles. The first-order valence-corrected chi connectivity index (χ1v) is 10.7. The van der Waals surface area contributed by atoms with E-state index in [-0.39, 0.29) is 0 Å². The number of aromatic nitrogens is 1. The zero-order valence-corrected chi connectivity index (χ0v) is 19.2. The number of ether oxygens (including phenoxy) is 2. The van der Waals surface area contributed by atoms with Gasteiger partial charge in [0.25, 0.3) is 0 Å². The van der Waals surface area contributed by atoms with Crippen molar-refractivity contribution in [2.45, 2.75) is 25.9 Å². The number of hydrogen-bond acceptors (Lipinski definition) is 6. The van der Waals surface area contributed by atoms with Gasteiger partial charge in [-0.05, 0) is 31.0 Å². The molecule has 0 saturated carbocycles. The third-order valence-electron chi connectivity index (χ3n) is 5.26. The summed E-state index contributed by atoms with van der Waals surface area (Å²) in [4.78, 5) is 13.5. The van der Waals surface area contributed by atoms with Crippen molar-refractivity contribution in [3.63, 3.8) is 0 Å². The van der Waals surface area contributed by atoms with Crippen molar-refractivity contribution in [2.75, 3.05) is 57.7 Å². The van der Waals surface area contributed by atoms with E-state index < -0.39 is 0 Å². The minimum absolute atomic E-state index is 0.310. The molecule has 2 aromatic rings. The molecule has 1 unspecified atom stereocenters. The lowest BCUT2D eigenvalue weighted by Crippen LogP contribution is -2.44. The number of nitrogens with one attached hydrogen (secondary N) is 2. The predicted molar refractivity (Wildman–Crippen MR) is 127 cm³/mol. The molecule has 0 spiro atoms. The summed E-state index contributed by atoms with van der Waals surface area (Å²) in [5, 5.41) is 6.95. The minimum atomic E-state index is 0.310. The van der Waals surface area contributed by atoms with Gasteiger partial charge in [-0.3, -0.25) is 0 Å².